The molecule has 0 amide bonds. The lowest BCUT2D eigenvalue weighted by molar-refractivity contribution is -0.136. The standard InChI is InChI=1S/C11H12F4N2O2/c12-7-3-1-4-8(9(7)10(16)17-18)19-6-2-5-11(13,14)15/h1,3-4,18H,2,5-6H2,(H2,16,17). The number of amidine groups is 1. The molecule has 0 saturated heterocycles. The van der Waals surface area contributed by atoms with E-state index in [4.69, 9.17) is 15.7 Å². The van der Waals surface area contributed by atoms with Crippen LogP contribution in [0.2, 0.25) is 0 Å². The summed E-state index contributed by atoms with van der Waals surface area (Å²) in [5, 5.41) is 11.1. The van der Waals surface area contributed by atoms with E-state index in [-0.39, 0.29) is 24.3 Å². The van der Waals surface area contributed by atoms with Crippen molar-refractivity contribution in [3.8, 4) is 5.75 Å². The Morgan fingerprint density at radius 2 is 2.05 bits per heavy atom. The molecule has 8 heteroatoms. The normalized spacial score (nSPS) is 12.5. The Kier molecular flexibility index (Phi) is 4.96. The van der Waals surface area contributed by atoms with Gasteiger partial charge in [-0.1, -0.05) is 11.2 Å². The van der Waals surface area contributed by atoms with Gasteiger partial charge in [0, 0.05) is 6.42 Å². The van der Waals surface area contributed by atoms with Crippen LogP contribution < -0.4 is 10.5 Å². The topological polar surface area (TPSA) is 67.8 Å². The number of hydrogen-bond acceptors (Lipinski definition) is 3. The average molecular weight is 280 g/mol. The molecule has 0 heterocycles. The molecule has 0 spiro atoms. The van der Waals surface area contributed by atoms with Crippen LogP contribution in [0.3, 0.4) is 0 Å². The summed E-state index contributed by atoms with van der Waals surface area (Å²) < 4.78 is 54.2. The van der Waals surface area contributed by atoms with Gasteiger partial charge in [-0.15, -0.1) is 0 Å². The Morgan fingerprint density at radius 1 is 1.37 bits per heavy atom. The van der Waals surface area contributed by atoms with Gasteiger partial charge in [0.2, 0.25) is 0 Å². The van der Waals surface area contributed by atoms with Gasteiger partial charge in [0.15, 0.2) is 5.84 Å². The highest BCUT2D eigenvalue weighted by Crippen LogP contribution is 2.24. The van der Waals surface area contributed by atoms with E-state index in [0.29, 0.717) is 0 Å². The summed E-state index contributed by atoms with van der Waals surface area (Å²) in [4.78, 5) is 0. The van der Waals surface area contributed by atoms with Gasteiger partial charge >= 0.3 is 6.18 Å². The lowest BCUT2D eigenvalue weighted by Gasteiger charge is -2.12. The highest BCUT2D eigenvalue weighted by atomic mass is 19.4. The van der Waals surface area contributed by atoms with E-state index < -0.39 is 24.2 Å². The zero-order valence-corrected chi connectivity index (χ0v) is 9.75. The summed E-state index contributed by atoms with van der Waals surface area (Å²) in [6.07, 6.45) is -5.53. The van der Waals surface area contributed by atoms with Crippen LogP contribution in [0.15, 0.2) is 23.4 Å². The van der Waals surface area contributed by atoms with Crippen molar-refractivity contribution in [3.05, 3.63) is 29.6 Å². The highest BCUT2D eigenvalue weighted by molar-refractivity contribution is 5.99. The average Bonchev–Trinajstić information content (AvgIpc) is 2.33. The van der Waals surface area contributed by atoms with E-state index in [0.717, 1.165) is 6.07 Å². The molecule has 0 aliphatic heterocycles. The van der Waals surface area contributed by atoms with Crippen molar-refractivity contribution >= 4 is 5.84 Å². The maximum Gasteiger partial charge on any atom is 0.389 e. The first-order valence-electron chi connectivity index (χ1n) is 5.31. The number of alkyl halides is 3. The predicted octanol–water partition coefficient (Wildman–Crippen LogP) is 2.64. The number of hydrogen-bond donors (Lipinski definition) is 2. The van der Waals surface area contributed by atoms with Crippen molar-refractivity contribution < 1.29 is 27.5 Å². The number of halogens is 4. The van der Waals surface area contributed by atoms with Crippen LogP contribution in [-0.2, 0) is 0 Å². The summed E-state index contributed by atoms with van der Waals surface area (Å²) in [5.41, 5.74) is 4.99. The van der Waals surface area contributed by atoms with Crippen LogP contribution in [0.5, 0.6) is 5.75 Å². The van der Waals surface area contributed by atoms with Gasteiger partial charge in [0.25, 0.3) is 0 Å². The maximum absolute atomic E-state index is 13.5. The SMILES string of the molecule is N/C(=N/O)c1c(F)cccc1OCCCC(F)(F)F. The minimum atomic E-state index is -4.26. The second-order valence-electron chi connectivity index (χ2n) is 3.67. The summed E-state index contributed by atoms with van der Waals surface area (Å²) in [7, 11) is 0. The van der Waals surface area contributed by atoms with E-state index in [2.05, 4.69) is 5.16 Å². The Labute approximate surface area is 106 Å². The van der Waals surface area contributed by atoms with Crippen LogP contribution in [0.25, 0.3) is 0 Å². The minimum Gasteiger partial charge on any atom is -0.493 e. The molecule has 0 bridgehead atoms. The van der Waals surface area contributed by atoms with Gasteiger partial charge in [-0.05, 0) is 18.6 Å². The van der Waals surface area contributed by atoms with Gasteiger partial charge in [0.1, 0.15) is 11.6 Å². The summed E-state index contributed by atoms with van der Waals surface area (Å²) in [5.74, 6) is -1.37. The van der Waals surface area contributed by atoms with Crippen molar-refractivity contribution in [3.63, 3.8) is 0 Å². The smallest absolute Gasteiger partial charge is 0.389 e. The quantitative estimate of drug-likeness (QED) is 0.217. The van der Waals surface area contributed by atoms with E-state index in [9.17, 15) is 17.6 Å². The fourth-order valence-electron chi connectivity index (χ4n) is 1.38. The molecule has 0 saturated carbocycles. The van der Waals surface area contributed by atoms with Gasteiger partial charge in [-0.3, -0.25) is 0 Å². The zero-order chi connectivity index (χ0) is 14.5. The molecule has 0 fully saturated rings. The molecule has 0 unspecified atom stereocenters. The predicted molar refractivity (Wildman–Crippen MR) is 59.7 cm³/mol. The summed E-state index contributed by atoms with van der Waals surface area (Å²) in [6, 6.07) is 3.70. The van der Waals surface area contributed by atoms with Gasteiger partial charge < -0.3 is 15.7 Å². The first kappa shape index (κ1) is 15.1. The van der Waals surface area contributed by atoms with Crippen molar-refractivity contribution in [2.45, 2.75) is 19.0 Å². The Morgan fingerprint density at radius 3 is 2.63 bits per heavy atom. The van der Waals surface area contributed by atoms with Crippen LogP contribution in [-0.4, -0.2) is 23.8 Å². The first-order chi connectivity index (χ1) is 8.85. The molecule has 0 radical (unpaired) electrons. The Hall–Kier alpha value is -1.99. The molecular formula is C11H12F4N2O2. The largest absolute Gasteiger partial charge is 0.493 e. The molecule has 3 N–H and O–H groups in total. The molecule has 106 valence electrons. The first-order valence-corrected chi connectivity index (χ1v) is 5.31. The lowest BCUT2D eigenvalue weighted by atomic mass is 10.1. The molecular weight excluding hydrogens is 268 g/mol. The van der Waals surface area contributed by atoms with E-state index in [1.807, 2.05) is 0 Å². The van der Waals surface area contributed by atoms with Crippen molar-refractivity contribution in [1.82, 2.24) is 0 Å². The van der Waals surface area contributed by atoms with E-state index >= 15 is 0 Å². The highest BCUT2D eigenvalue weighted by Gasteiger charge is 2.26. The van der Waals surface area contributed by atoms with Crippen LogP contribution in [0.1, 0.15) is 18.4 Å². The Bertz CT molecular complexity index is 460. The monoisotopic (exact) mass is 280 g/mol. The molecule has 1 aromatic rings. The molecule has 0 aliphatic carbocycles. The summed E-state index contributed by atoms with van der Waals surface area (Å²) >= 11 is 0. The lowest BCUT2D eigenvalue weighted by Crippen LogP contribution is -2.17. The number of nitrogens with two attached hydrogens (primary N) is 1. The van der Waals surface area contributed by atoms with Crippen molar-refractivity contribution in [2.75, 3.05) is 6.61 Å². The van der Waals surface area contributed by atoms with Crippen molar-refractivity contribution in [2.24, 2.45) is 10.9 Å². The summed E-state index contributed by atoms with van der Waals surface area (Å²) in [6.45, 7) is -0.255. The molecule has 19 heavy (non-hydrogen) atoms. The van der Waals surface area contributed by atoms with Crippen LogP contribution in [0, 0.1) is 5.82 Å². The number of oxime groups is 1. The second kappa shape index (κ2) is 6.26. The van der Waals surface area contributed by atoms with E-state index in [1.54, 1.807) is 0 Å². The van der Waals surface area contributed by atoms with Crippen LogP contribution >= 0.6 is 0 Å². The molecule has 0 aromatic heterocycles. The fourth-order valence-corrected chi connectivity index (χ4v) is 1.38. The maximum atomic E-state index is 13.5. The number of ether oxygens (including phenoxy) is 1. The van der Waals surface area contributed by atoms with Crippen LogP contribution in [0.4, 0.5) is 17.6 Å². The Balaban J connectivity index is 2.71. The molecule has 4 nitrogen and oxygen atoms in total. The van der Waals surface area contributed by atoms with Gasteiger partial charge in [0.05, 0.1) is 12.2 Å². The molecule has 0 aliphatic rings. The number of benzene rings is 1. The third-order valence-electron chi connectivity index (χ3n) is 2.20. The van der Waals surface area contributed by atoms with Gasteiger partial charge in [-0.2, -0.15) is 13.2 Å². The third-order valence-corrected chi connectivity index (χ3v) is 2.20. The fraction of sp³-hybridized carbons (Fsp3) is 0.364. The number of rotatable bonds is 5. The van der Waals surface area contributed by atoms with Gasteiger partial charge in [-0.25, -0.2) is 4.39 Å². The molecule has 1 aromatic carbocycles. The zero-order valence-electron chi connectivity index (χ0n) is 9.75. The van der Waals surface area contributed by atoms with E-state index in [1.165, 1.54) is 12.1 Å². The number of nitrogens with zero attached hydrogens (tertiary/aromatic N) is 1. The third kappa shape index (κ3) is 4.65. The van der Waals surface area contributed by atoms with Crippen molar-refractivity contribution in [1.29, 1.82) is 0 Å². The second-order valence-corrected chi connectivity index (χ2v) is 3.67. The molecule has 0 atom stereocenters. The minimum absolute atomic E-state index is 0.0718. The molecule has 1 rings (SSSR count).